The van der Waals surface area contributed by atoms with Crippen LogP contribution in [0.1, 0.15) is 73.5 Å². The zero-order chi connectivity index (χ0) is 22.8. The van der Waals surface area contributed by atoms with Crippen LogP contribution in [-0.2, 0) is 40.2 Å². The molecule has 1 atom stereocenters. The Morgan fingerprint density at radius 1 is 1.32 bits per heavy atom. The van der Waals surface area contributed by atoms with Gasteiger partial charge in [0, 0.05) is 16.0 Å². The Kier molecular flexibility index (Phi) is 5.32. The number of aryl methyl sites for hydroxylation is 2. The van der Waals surface area contributed by atoms with Crippen LogP contribution in [0.15, 0.2) is 14.6 Å². The zero-order valence-electron chi connectivity index (χ0n) is 18.7. The number of pyridine rings is 1. The fraction of sp³-hybridized carbons (Fsp3) is 0.545. The first kappa shape index (κ1) is 22.4. The molecule has 2 amide bonds. The molecule has 2 heterocycles. The number of nitrogens with zero attached hydrogens (tertiary/aromatic N) is 2. The quantitative estimate of drug-likeness (QED) is 0.629. The van der Waals surface area contributed by atoms with Gasteiger partial charge in [0.1, 0.15) is 4.21 Å². The normalized spacial score (nSPS) is 18.9. The zero-order valence-corrected chi connectivity index (χ0v) is 20.3. The lowest BCUT2D eigenvalue weighted by molar-refractivity contribution is 0.0783. The molecule has 0 unspecified atom stereocenters. The fourth-order valence-corrected chi connectivity index (χ4v) is 7.17. The molecular formula is C22H30N4O3S2. The topological polar surface area (TPSA) is 118 Å². The Bertz CT molecular complexity index is 1200. The van der Waals surface area contributed by atoms with Gasteiger partial charge in [0.2, 0.25) is 0 Å². The molecule has 7 nitrogen and oxygen atoms in total. The molecule has 0 aromatic carbocycles. The van der Waals surface area contributed by atoms with Crippen molar-refractivity contribution >= 4 is 33.0 Å². The number of amides is 2. The first-order valence-corrected chi connectivity index (χ1v) is 12.9. The second-order valence-electron chi connectivity index (χ2n) is 9.66. The predicted molar refractivity (Wildman–Crippen MR) is 124 cm³/mol. The van der Waals surface area contributed by atoms with E-state index < -0.39 is 21.5 Å². The minimum absolute atomic E-state index is 0.0347. The summed E-state index contributed by atoms with van der Waals surface area (Å²) in [5.74, 6) is 0. The second kappa shape index (κ2) is 7.37. The largest absolute Gasteiger partial charge is 0.386 e. The van der Waals surface area contributed by atoms with Gasteiger partial charge < -0.3 is 10.4 Å². The molecule has 2 aliphatic carbocycles. The van der Waals surface area contributed by atoms with Crippen LogP contribution in [0.2, 0.25) is 0 Å². The molecule has 4 N–H and O–H groups in total. The number of urea groups is 1. The summed E-state index contributed by atoms with van der Waals surface area (Å²) in [5, 5.41) is 19.2. The minimum atomic E-state index is -3.44. The van der Waals surface area contributed by atoms with Crippen molar-refractivity contribution in [2.45, 2.75) is 81.9 Å². The molecule has 31 heavy (non-hydrogen) atoms. The van der Waals surface area contributed by atoms with Crippen molar-refractivity contribution in [2.75, 3.05) is 5.32 Å². The molecular weight excluding hydrogens is 432 g/mol. The van der Waals surface area contributed by atoms with E-state index in [-0.39, 0.29) is 9.62 Å². The lowest BCUT2D eigenvalue weighted by Gasteiger charge is -2.20. The maximum atomic E-state index is 13.1. The molecule has 2 aliphatic rings. The number of thiophene rings is 1. The number of nitrogens with one attached hydrogen (secondary N) is 1. The average molecular weight is 463 g/mol. The van der Waals surface area contributed by atoms with Gasteiger partial charge in [0.15, 0.2) is 9.92 Å². The smallest absolute Gasteiger partial charge is 0.354 e. The molecule has 4 rings (SSSR count). The van der Waals surface area contributed by atoms with E-state index in [4.69, 9.17) is 10.1 Å². The van der Waals surface area contributed by atoms with Crippen LogP contribution in [-0.4, -0.2) is 20.3 Å². The van der Waals surface area contributed by atoms with E-state index in [0.717, 1.165) is 65.2 Å². The van der Waals surface area contributed by atoms with E-state index in [0.29, 0.717) is 5.56 Å². The molecule has 2 aromatic heterocycles. The highest BCUT2D eigenvalue weighted by molar-refractivity contribution is 7.93. The highest BCUT2D eigenvalue weighted by Gasteiger charge is 2.36. The Balaban J connectivity index is 1.70. The summed E-state index contributed by atoms with van der Waals surface area (Å²) in [6.07, 6.45) is 4.59. The number of rotatable bonds is 3. The van der Waals surface area contributed by atoms with Gasteiger partial charge in [-0.1, -0.05) is 13.8 Å². The van der Waals surface area contributed by atoms with Crippen LogP contribution < -0.4 is 10.5 Å². The molecule has 0 saturated heterocycles. The summed E-state index contributed by atoms with van der Waals surface area (Å²) in [5.41, 5.74) is 4.50. The number of carbonyl (C=O) groups is 1. The van der Waals surface area contributed by atoms with Gasteiger partial charge in [0.05, 0.1) is 17.0 Å². The summed E-state index contributed by atoms with van der Waals surface area (Å²) < 4.78 is 17.3. The van der Waals surface area contributed by atoms with Gasteiger partial charge in [-0.25, -0.2) is 14.1 Å². The van der Waals surface area contributed by atoms with E-state index in [9.17, 15) is 14.1 Å². The van der Waals surface area contributed by atoms with Crippen molar-refractivity contribution in [2.24, 2.45) is 9.50 Å². The van der Waals surface area contributed by atoms with E-state index in [2.05, 4.69) is 23.5 Å². The van der Waals surface area contributed by atoms with E-state index in [1.807, 2.05) is 6.92 Å². The van der Waals surface area contributed by atoms with Gasteiger partial charge in [0.25, 0.3) is 0 Å². The maximum Gasteiger partial charge on any atom is 0.354 e. The standard InChI is InChI=1S/C22H30N4O3S2/c1-12-15(22(4,5)28)11-17(30-12)31(23,29)26-20(27)25-18-13-7-6-8-16(13)24-19-14(18)9-10-21(19,2)3/h11,28H,6-10H2,1-5H3,(H3,23,24,25,26,27,29)/t31-/m0/s1. The number of carbonyl (C=O) groups excluding carboxylic acids is 1. The highest BCUT2D eigenvalue weighted by Crippen LogP contribution is 2.44. The van der Waals surface area contributed by atoms with Gasteiger partial charge >= 0.3 is 6.03 Å². The molecule has 2 aromatic rings. The monoisotopic (exact) mass is 462 g/mol. The van der Waals surface area contributed by atoms with Crippen molar-refractivity contribution in [3.8, 4) is 0 Å². The van der Waals surface area contributed by atoms with E-state index >= 15 is 0 Å². The Morgan fingerprint density at radius 3 is 2.68 bits per heavy atom. The van der Waals surface area contributed by atoms with E-state index in [1.165, 1.54) is 11.3 Å². The molecule has 168 valence electrons. The van der Waals surface area contributed by atoms with Crippen molar-refractivity contribution in [1.82, 2.24) is 4.98 Å². The summed E-state index contributed by atoms with van der Waals surface area (Å²) in [6.45, 7) is 9.48. The van der Waals surface area contributed by atoms with Crippen LogP contribution in [0.3, 0.4) is 0 Å². The molecule has 0 bridgehead atoms. The fourth-order valence-electron chi connectivity index (χ4n) is 4.64. The second-order valence-corrected chi connectivity index (χ2v) is 12.9. The van der Waals surface area contributed by atoms with Gasteiger partial charge in [-0.3, -0.25) is 4.98 Å². The first-order valence-electron chi connectivity index (χ1n) is 10.5. The summed E-state index contributed by atoms with van der Waals surface area (Å²) in [7, 11) is -3.44. The molecule has 0 aliphatic heterocycles. The molecule has 0 spiro atoms. The number of aromatic nitrogens is 1. The third-order valence-corrected chi connectivity index (χ3v) is 9.20. The Labute approximate surface area is 187 Å². The number of hydrogen-bond acceptors (Lipinski definition) is 5. The minimum Gasteiger partial charge on any atom is -0.386 e. The number of hydrogen-bond donors (Lipinski definition) is 3. The summed E-state index contributed by atoms with van der Waals surface area (Å²) >= 11 is 1.19. The van der Waals surface area contributed by atoms with Gasteiger partial charge in [-0.15, -0.1) is 15.7 Å². The number of anilines is 1. The van der Waals surface area contributed by atoms with Gasteiger partial charge in [-0.2, -0.15) is 0 Å². The first-order chi connectivity index (χ1) is 14.3. The van der Waals surface area contributed by atoms with Crippen LogP contribution in [0.5, 0.6) is 0 Å². The molecule has 0 radical (unpaired) electrons. The number of fused-ring (bicyclic) bond motifs is 2. The molecule has 0 saturated carbocycles. The summed E-state index contributed by atoms with van der Waals surface area (Å²) in [6, 6.07) is 0.874. The SMILES string of the molecule is Cc1sc([S@@](N)(=O)=NC(=O)Nc2c3c(nc4c2CCC4(C)C)CCC3)cc1C(C)(C)O. The van der Waals surface area contributed by atoms with Crippen LogP contribution in [0.25, 0.3) is 0 Å². The van der Waals surface area contributed by atoms with Crippen LogP contribution in [0, 0.1) is 6.92 Å². The average Bonchev–Trinajstić information content (AvgIpc) is 3.32. The summed E-state index contributed by atoms with van der Waals surface area (Å²) in [4.78, 5) is 18.6. The molecule has 0 fully saturated rings. The predicted octanol–water partition coefficient (Wildman–Crippen LogP) is 4.32. The molecule has 9 heteroatoms. The van der Waals surface area contributed by atoms with Crippen molar-refractivity contribution in [3.05, 3.63) is 39.0 Å². The number of nitrogens with two attached hydrogens (primary N) is 1. The van der Waals surface area contributed by atoms with Crippen molar-refractivity contribution in [3.63, 3.8) is 0 Å². The third kappa shape index (κ3) is 4.04. The highest BCUT2D eigenvalue weighted by atomic mass is 32.2. The van der Waals surface area contributed by atoms with Crippen molar-refractivity contribution < 1.29 is 14.1 Å². The lowest BCUT2D eigenvalue weighted by Crippen LogP contribution is -2.20. The van der Waals surface area contributed by atoms with Crippen LogP contribution in [0.4, 0.5) is 10.5 Å². The number of aliphatic hydroxyl groups is 1. The van der Waals surface area contributed by atoms with Crippen LogP contribution >= 0.6 is 11.3 Å². The Morgan fingerprint density at radius 2 is 2.03 bits per heavy atom. The maximum absolute atomic E-state index is 13.1. The third-order valence-electron chi connectivity index (χ3n) is 6.26. The van der Waals surface area contributed by atoms with E-state index in [1.54, 1.807) is 19.9 Å². The van der Waals surface area contributed by atoms with Gasteiger partial charge in [-0.05, 0) is 75.6 Å². The Hall–Kier alpha value is -1.81. The van der Waals surface area contributed by atoms with Crippen molar-refractivity contribution in [1.29, 1.82) is 0 Å². The lowest BCUT2D eigenvalue weighted by atomic mass is 9.90.